The summed E-state index contributed by atoms with van der Waals surface area (Å²) in [6.07, 6.45) is 0. The first-order valence-electron chi connectivity index (χ1n) is 4.17. The van der Waals surface area contributed by atoms with Crippen LogP contribution in [0.2, 0.25) is 5.02 Å². The predicted octanol–water partition coefficient (Wildman–Crippen LogP) is 2.34. The molecule has 0 radical (unpaired) electrons. The van der Waals surface area contributed by atoms with Crippen LogP contribution in [0.1, 0.15) is 11.1 Å². The summed E-state index contributed by atoms with van der Waals surface area (Å²) in [6.45, 7) is 0.673. The Hall–Kier alpha value is -0.770. The van der Waals surface area contributed by atoms with Crippen molar-refractivity contribution >= 4 is 11.6 Å². The van der Waals surface area contributed by atoms with Gasteiger partial charge in [0, 0.05) is 30.4 Å². The summed E-state index contributed by atoms with van der Waals surface area (Å²) in [5.41, 5.74) is 1.35. The van der Waals surface area contributed by atoms with Crippen molar-refractivity contribution in [2.45, 2.75) is 13.2 Å². The molecule has 0 fully saturated rings. The van der Waals surface area contributed by atoms with Crippen LogP contribution in [0, 0.1) is 0 Å². The van der Waals surface area contributed by atoms with Gasteiger partial charge >= 0.3 is 0 Å². The Morgan fingerprint density at radius 2 is 1.57 bits per heavy atom. The third-order valence-corrected chi connectivity index (χ3v) is 2.05. The van der Waals surface area contributed by atoms with Gasteiger partial charge in [0.2, 0.25) is 0 Å². The van der Waals surface area contributed by atoms with Crippen molar-refractivity contribution in [3.63, 3.8) is 0 Å². The van der Waals surface area contributed by atoms with Gasteiger partial charge in [0.1, 0.15) is 5.75 Å². The number of phenols is 1. The van der Waals surface area contributed by atoms with Gasteiger partial charge in [0.05, 0.1) is 13.2 Å². The molecule has 0 aliphatic heterocycles. The number of benzene rings is 1. The Morgan fingerprint density at radius 1 is 1.14 bits per heavy atom. The first-order chi connectivity index (χ1) is 6.69. The molecule has 14 heavy (non-hydrogen) atoms. The van der Waals surface area contributed by atoms with Crippen molar-refractivity contribution in [2.75, 3.05) is 14.2 Å². The molecule has 0 bridgehead atoms. The van der Waals surface area contributed by atoms with Crippen LogP contribution < -0.4 is 0 Å². The van der Waals surface area contributed by atoms with Crippen molar-refractivity contribution in [3.8, 4) is 5.75 Å². The van der Waals surface area contributed by atoms with Gasteiger partial charge in [-0.3, -0.25) is 0 Å². The van der Waals surface area contributed by atoms with Crippen molar-refractivity contribution < 1.29 is 14.6 Å². The Kier molecular flexibility index (Phi) is 4.20. The molecule has 0 saturated heterocycles. The summed E-state index contributed by atoms with van der Waals surface area (Å²) < 4.78 is 9.87. The summed E-state index contributed by atoms with van der Waals surface area (Å²) in [4.78, 5) is 0. The molecule has 3 nitrogen and oxygen atoms in total. The fraction of sp³-hybridized carbons (Fsp3) is 0.400. The first kappa shape index (κ1) is 11.3. The zero-order valence-electron chi connectivity index (χ0n) is 8.21. The quantitative estimate of drug-likeness (QED) is 0.840. The van der Waals surface area contributed by atoms with Crippen LogP contribution in [0.15, 0.2) is 12.1 Å². The second kappa shape index (κ2) is 5.20. The summed E-state index contributed by atoms with van der Waals surface area (Å²) in [6, 6.07) is 3.36. The average Bonchev–Trinajstić information content (AvgIpc) is 2.14. The molecule has 0 aliphatic carbocycles. The fourth-order valence-corrected chi connectivity index (χ4v) is 1.51. The second-order valence-corrected chi connectivity index (χ2v) is 3.38. The Labute approximate surface area is 88.2 Å². The van der Waals surface area contributed by atoms with Crippen LogP contribution in [0.25, 0.3) is 0 Å². The summed E-state index contributed by atoms with van der Waals surface area (Å²) >= 11 is 5.87. The maximum Gasteiger partial charge on any atom is 0.126 e. The van der Waals surface area contributed by atoms with Crippen LogP contribution in [-0.4, -0.2) is 19.3 Å². The smallest absolute Gasteiger partial charge is 0.126 e. The minimum Gasteiger partial charge on any atom is -0.507 e. The van der Waals surface area contributed by atoms with Gasteiger partial charge in [0.15, 0.2) is 0 Å². The maximum absolute atomic E-state index is 9.76. The lowest BCUT2D eigenvalue weighted by molar-refractivity contribution is 0.174. The number of rotatable bonds is 4. The normalized spacial score (nSPS) is 10.5. The molecule has 1 aromatic carbocycles. The Balaban J connectivity index is 3.04. The highest BCUT2D eigenvalue weighted by Gasteiger charge is 2.08. The van der Waals surface area contributed by atoms with Crippen molar-refractivity contribution in [3.05, 3.63) is 28.3 Å². The van der Waals surface area contributed by atoms with E-state index in [1.165, 1.54) is 0 Å². The molecule has 0 spiro atoms. The molecule has 4 heteroatoms. The number of ether oxygens (including phenoxy) is 2. The maximum atomic E-state index is 9.76. The minimum absolute atomic E-state index is 0.193. The molecule has 0 amide bonds. The average molecular weight is 217 g/mol. The third-order valence-electron chi connectivity index (χ3n) is 1.83. The SMILES string of the molecule is COCc1cc(Cl)cc(COC)c1O. The zero-order valence-corrected chi connectivity index (χ0v) is 8.97. The predicted molar refractivity (Wildman–Crippen MR) is 54.5 cm³/mol. The van der Waals surface area contributed by atoms with Gasteiger partial charge in [-0.2, -0.15) is 0 Å². The molecule has 0 unspecified atom stereocenters. The first-order valence-corrected chi connectivity index (χ1v) is 4.55. The number of halogens is 1. The standard InChI is InChI=1S/C10H13ClO3/c1-13-5-7-3-9(11)4-8(6-14-2)10(7)12/h3-4,12H,5-6H2,1-2H3. The van der Waals surface area contributed by atoms with Crippen LogP contribution in [0.4, 0.5) is 0 Å². The number of hydrogen-bond acceptors (Lipinski definition) is 3. The van der Waals surface area contributed by atoms with Gasteiger partial charge in [-0.1, -0.05) is 11.6 Å². The van der Waals surface area contributed by atoms with Gasteiger partial charge < -0.3 is 14.6 Å². The molecule has 78 valence electrons. The van der Waals surface area contributed by atoms with E-state index in [0.717, 1.165) is 0 Å². The topological polar surface area (TPSA) is 38.7 Å². The molecular formula is C10H13ClO3. The molecule has 0 aliphatic rings. The summed E-state index contributed by atoms with van der Waals surface area (Å²) in [7, 11) is 3.13. The summed E-state index contributed by atoms with van der Waals surface area (Å²) in [5.74, 6) is 0.193. The van der Waals surface area contributed by atoms with Crippen LogP contribution in [0.3, 0.4) is 0 Å². The molecule has 0 aromatic heterocycles. The van der Waals surface area contributed by atoms with Crippen LogP contribution >= 0.6 is 11.6 Å². The minimum atomic E-state index is 0.193. The van der Waals surface area contributed by atoms with E-state index >= 15 is 0 Å². The van der Waals surface area contributed by atoms with Gasteiger partial charge in [-0.25, -0.2) is 0 Å². The van der Waals surface area contributed by atoms with E-state index in [0.29, 0.717) is 29.4 Å². The van der Waals surface area contributed by atoms with Crippen molar-refractivity contribution in [1.82, 2.24) is 0 Å². The highest BCUT2D eigenvalue weighted by atomic mass is 35.5. The number of hydrogen-bond donors (Lipinski definition) is 1. The van der Waals surface area contributed by atoms with E-state index in [9.17, 15) is 5.11 Å². The lowest BCUT2D eigenvalue weighted by atomic mass is 10.1. The lowest BCUT2D eigenvalue weighted by Crippen LogP contribution is -1.94. The Morgan fingerprint density at radius 3 is 1.93 bits per heavy atom. The molecule has 1 aromatic rings. The highest BCUT2D eigenvalue weighted by molar-refractivity contribution is 6.30. The summed E-state index contributed by atoms with van der Waals surface area (Å²) in [5, 5.41) is 10.3. The molecule has 0 saturated carbocycles. The molecule has 0 atom stereocenters. The van der Waals surface area contributed by atoms with E-state index in [-0.39, 0.29) is 5.75 Å². The van der Waals surface area contributed by atoms with Gasteiger partial charge in [-0.15, -0.1) is 0 Å². The number of aromatic hydroxyl groups is 1. The number of methoxy groups -OCH3 is 2. The molecule has 1 rings (SSSR count). The fourth-order valence-electron chi connectivity index (χ4n) is 1.25. The molecule has 1 N–H and O–H groups in total. The van der Waals surface area contributed by atoms with E-state index in [1.807, 2.05) is 0 Å². The molecule has 0 heterocycles. The van der Waals surface area contributed by atoms with E-state index < -0.39 is 0 Å². The van der Waals surface area contributed by atoms with Crippen LogP contribution in [-0.2, 0) is 22.7 Å². The van der Waals surface area contributed by atoms with E-state index in [4.69, 9.17) is 21.1 Å². The van der Waals surface area contributed by atoms with Crippen LogP contribution in [0.5, 0.6) is 5.75 Å². The lowest BCUT2D eigenvalue weighted by Gasteiger charge is -2.09. The van der Waals surface area contributed by atoms with Crippen molar-refractivity contribution in [2.24, 2.45) is 0 Å². The van der Waals surface area contributed by atoms with E-state index in [2.05, 4.69) is 0 Å². The second-order valence-electron chi connectivity index (χ2n) is 2.94. The largest absolute Gasteiger partial charge is 0.507 e. The monoisotopic (exact) mass is 216 g/mol. The van der Waals surface area contributed by atoms with Gasteiger partial charge in [-0.05, 0) is 12.1 Å². The van der Waals surface area contributed by atoms with Crippen molar-refractivity contribution in [1.29, 1.82) is 0 Å². The van der Waals surface area contributed by atoms with E-state index in [1.54, 1.807) is 26.4 Å². The molecular weight excluding hydrogens is 204 g/mol. The zero-order chi connectivity index (χ0) is 10.6. The number of phenolic OH excluding ortho intramolecular Hbond substituents is 1. The van der Waals surface area contributed by atoms with Gasteiger partial charge in [0.25, 0.3) is 0 Å². The Bertz CT molecular complexity index is 285. The highest BCUT2D eigenvalue weighted by Crippen LogP contribution is 2.28. The third kappa shape index (κ3) is 2.61.